The van der Waals surface area contributed by atoms with Crippen LogP contribution in [0.1, 0.15) is 16.8 Å². The molecule has 5 rings (SSSR count). The van der Waals surface area contributed by atoms with Crippen LogP contribution in [0.3, 0.4) is 0 Å². The third kappa shape index (κ3) is 4.25. The van der Waals surface area contributed by atoms with E-state index in [0.29, 0.717) is 22.3 Å². The van der Waals surface area contributed by atoms with Crippen molar-refractivity contribution in [3.05, 3.63) is 100 Å². The van der Waals surface area contributed by atoms with Crippen LogP contribution in [0, 0.1) is 6.92 Å². The monoisotopic (exact) mass is 477 g/mol. The summed E-state index contributed by atoms with van der Waals surface area (Å²) in [5.74, 6) is 0.0462. The van der Waals surface area contributed by atoms with Crippen molar-refractivity contribution in [2.45, 2.75) is 19.6 Å². The van der Waals surface area contributed by atoms with Crippen LogP contribution < -0.4 is 5.69 Å². The van der Waals surface area contributed by atoms with Crippen LogP contribution in [0.2, 0.25) is 0 Å². The molecular weight excluding hydrogens is 459 g/mol. The topological polar surface area (TPSA) is 85.3 Å². The molecule has 0 amide bonds. The SMILES string of the molecule is Cc1ccc(-c2cnn3c(=O)n(Cc4ccc(C(F)(F)F)nc4)nc3c2-c2cccc(O)c2)cc1. The van der Waals surface area contributed by atoms with Crippen molar-refractivity contribution in [3.63, 3.8) is 0 Å². The van der Waals surface area contributed by atoms with E-state index >= 15 is 0 Å². The summed E-state index contributed by atoms with van der Waals surface area (Å²) in [6.45, 7) is 1.88. The molecule has 1 N–H and O–H groups in total. The number of pyridine rings is 1. The molecule has 3 heterocycles. The average molecular weight is 477 g/mol. The number of fused-ring (bicyclic) bond motifs is 1. The van der Waals surface area contributed by atoms with Crippen LogP contribution in [0.5, 0.6) is 5.75 Å². The number of nitrogens with zero attached hydrogens (tertiary/aromatic N) is 5. The van der Waals surface area contributed by atoms with Gasteiger partial charge in [-0.3, -0.25) is 4.98 Å². The summed E-state index contributed by atoms with van der Waals surface area (Å²) in [5, 5.41) is 18.8. The molecule has 5 aromatic rings. The Balaban J connectivity index is 1.67. The summed E-state index contributed by atoms with van der Waals surface area (Å²) in [6, 6.07) is 16.5. The number of aromatic hydroxyl groups is 1. The number of alkyl halides is 3. The van der Waals surface area contributed by atoms with E-state index in [-0.39, 0.29) is 17.9 Å². The fraction of sp³-hybridized carbons (Fsp3) is 0.120. The first-order valence-electron chi connectivity index (χ1n) is 10.6. The number of halogens is 3. The van der Waals surface area contributed by atoms with Gasteiger partial charge in [0.15, 0.2) is 5.65 Å². The highest BCUT2D eigenvalue weighted by atomic mass is 19.4. The van der Waals surface area contributed by atoms with Gasteiger partial charge in [0.05, 0.1) is 12.7 Å². The molecule has 0 aliphatic heterocycles. The van der Waals surface area contributed by atoms with Gasteiger partial charge in [-0.05, 0) is 41.8 Å². The van der Waals surface area contributed by atoms with Gasteiger partial charge in [0.2, 0.25) is 0 Å². The van der Waals surface area contributed by atoms with E-state index in [1.165, 1.54) is 12.1 Å². The number of hydrogen-bond donors (Lipinski definition) is 1. The van der Waals surface area contributed by atoms with Gasteiger partial charge in [-0.2, -0.15) is 22.8 Å². The molecule has 0 bridgehead atoms. The van der Waals surface area contributed by atoms with Gasteiger partial charge in [0, 0.05) is 17.3 Å². The van der Waals surface area contributed by atoms with Crippen molar-refractivity contribution in [2.75, 3.05) is 0 Å². The first kappa shape index (κ1) is 22.3. The Morgan fingerprint density at radius 3 is 2.40 bits per heavy atom. The lowest BCUT2D eigenvalue weighted by Crippen LogP contribution is -2.23. The van der Waals surface area contributed by atoms with Gasteiger partial charge in [0.25, 0.3) is 0 Å². The zero-order valence-electron chi connectivity index (χ0n) is 18.4. The molecule has 0 spiro atoms. The Labute approximate surface area is 196 Å². The minimum atomic E-state index is -4.55. The van der Waals surface area contributed by atoms with Crippen molar-refractivity contribution >= 4 is 5.65 Å². The van der Waals surface area contributed by atoms with E-state index in [1.807, 2.05) is 31.2 Å². The fourth-order valence-corrected chi connectivity index (χ4v) is 3.82. The largest absolute Gasteiger partial charge is 0.508 e. The fourth-order valence-electron chi connectivity index (χ4n) is 3.82. The number of rotatable bonds is 4. The lowest BCUT2D eigenvalue weighted by atomic mass is 9.96. The molecule has 0 aliphatic rings. The highest BCUT2D eigenvalue weighted by Gasteiger charge is 2.32. The second kappa shape index (κ2) is 8.39. The summed E-state index contributed by atoms with van der Waals surface area (Å²) < 4.78 is 40.7. The van der Waals surface area contributed by atoms with E-state index < -0.39 is 17.6 Å². The van der Waals surface area contributed by atoms with Crippen molar-refractivity contribution in [1.82, 2.24) is 24.4 Å². The molecule has 0 saturated heterocycles. The van der Waals surface area contributed by atoms with Crippen LogP contribution in [0.4, 0.5) is 13.2 Å². The van der Waals surface area contributed by atoms with E-state index in [4.69, 9.17) is 0 Å². The van der Waals surface area contributed by atoms with Crippen molar-refractivity contribution in [1.29, 1.82) is 0 Å². The van der Waals surface area contributed by atoms with Gasteiger partial charge >= 0.3 is 11.9 Å². The quantitative estimate of drug-likeness (QED) is 0.406. The normalized spacial score (nSPS) is 11.8. The van der Waals surface area contributed by atoms with Gasteiger partial charge in [-0.15, -0.1) is 5.10 Å². The number of benzene rings is 2. The molecule has 0 radical (unpaired) electrons. The molecular formula is C25H18F3N5O2. The van der Waals surface area contributed by atoms with Crippen LogP contribution >= 0.6 is 0 Å². The summed E-state index contributed by atoms with van der Waals surface area (Å²) in [4.78, 5) is 16.5. The first-order chi connectivity index (χ1) is 16.7. The molecule has 10 heteroatoms. The molecule has 0 atom stereocenters. The first-order valence-corrected chi connectivity index (χ1v) is 10.6. The van der Waals surface area contributed by atoms with Crippen molar-refractivity contribution in [3.8, 4) is 28.0 Å². The minimum absolute atomic E-state index is 0.0462. The lowest BCUT2D eigenvalue weighted by molar-refractivity contribution is -0.141. The summed E-state index contributed by atoms with van der Waals surface area (Å²) >= 11 is 0. The van der Waals surface area contributed by atoms with Gasteiger partial charge in [-0.1, -0.05) is 48.0 Å². The van der Waals surface area contributed by atoms with E-state index in [0.717, 1.165) is 32.6 Å². The highest BCUT2D eigenvalue weighted by Crippen LogP contribution is 2.35. The molecule has 0 aliphatic carbocycles. The van der Waals surface area contributed by atoms with Crippen molar-refractivity contribution in [2.24, 2.45) is 0 Å². The molecule has 3 aromatic heterocycles. The second-order valence-electron chi connectivity index (χ2n) is 8.07. The Hall–Kier alpha value is -4.47. The second-order valence-corrected chi connectivity index (χ2v) is 8.07. The van der Waals surface area contributed by atoms with E-state index in [2.05, 4.69) is 15.2 Å². The number of aryl methyl sites for hydroxylation is 1. The maximum atomic E-state index is 13.1. The van der Waals surface area contributed by atoms with E-state index in [1.54, 1.807) is 24.4 Å². The Bertz CT molecular complexity index is 1590. The lowest BCUT2D eigenvalue weighted by Gasteiger charge is -2.11. The van der Waals surface area contributed by atoms with Crippen LogP contribution in [0.25, 0.3) is 27.9 Å². The van der Waals surface area contributed by atoms with Gasteiger partial charge < -0.3 is 5.11 Å². The molecule has 176 valence electrons. The smallest absolute Gasteiger partial charge is 0.433 e. The predicted molar refractivity (Wildman–Crippen MR) is 123 cm³/mol. The number of phenolic OH excluding ortho intramolecular Hbond substituents is 1. The Morgan fingerprint density at radius 2 is 1.74 bits per heavy atom. The third-order valence-corrected chi connectivity index (χ3v) is 5.56. The zero-order valence-corrected chi connectivity index (χ0v) is 18.4. The minimum Gasteiger partial charge on any atom is -0.508 e. The number of hydrogen-bond acceptors (Lipinski definition) is 5. The molecule has 0 fully saturated rings. The maximum absolute atomic E-state index is 13.1. The van der Waals surface area contributed by atoms with Crippen molar-refractivity contribution < 1.29 is 18.3 Å². The molecule has 2 aromatic carbocycles. The molecule has 0 unspecified atom stereocenters. The predicted octanol–water partition coefficient (Wildman–Crippen LogP) is 4.70. The highest BCUT2D eigenvalue weighted by molar-refractivity contribution is 5.91. The maximum Gasteiger partial charge on any atom is 0.433 e. The molecule has 7 nitrogen and oxygen atoms in total. The van der Waals surface area contributed by atoms with Gasteiger partial charge in [-0.25, -0.2) is 9.48 Å². The summed E-state index contributed by atoms with van der Waals surface area (Å²) in [6.07, 6.45) is -1.92. The van der Waals surface area contributed by atoms with Crippen LogP contribution in [-0.2, 0) is 12.7 Å². The van der Waals surface area contributed by atoms with E-state index in [9.17, 15) is 23.1 Å². The zero-order chi connectivity index (χ0) is 24.7. The number of phenols is 1. The molecule has 0 saturated carbocycles. The average Bonchev–Trinajstić information content (AvgIpc) is 3.14. The van der Waals surface area contributed by atoms with Gasteiger partial charge in [0.1, 0.15) is 11.4 Å². The summed E-state index contributed by atoms with van der Waals surface area (Å²) in [5.41, 5.74) is 2.89. The van der Waals surface area contributed by atoms with Crippen LogP contribution in [0.15, 0.2) is 77.9 Å². The number of aromatic nitrogens is 5. The summed E-state index contributed by atoms with van der Waals surface area (Å²) in [7, 11) is 0. The third-order valence-electron chi connectivity index (χ3n) is 5.56. The standard InChI is InChI=1S/C25H18F3N5O2/c1-15-5-8-17(9-6-15)20-13-30-33-23(22(20)18-3-2-4-19(34)11-18)31-32(24(33)35)14-16-7-10-21(29-12-16)25(26,27)28/h2-13,34H,14H2,1H3. The Morgan fingerprint density at radius 1 is 0.971 bits per heavy atom. The van der Waals surface area contributed by atoms with Crippen LogP contribution in [-0.4, -0.2) is 29.5 Å². The molecule has 35 heavy (non-hydrogen) atoms. The Kier molecular flexibility index (Phi) is 5.35.